The first-order chi connectivity index (χ1) is 17.1. The van der Waals surface area contributed by atoms with Gasteiger partial charge in [0.15, 0.2) is 0 Å². The fraction of sp³-hybridized carbons (Fsp3) is 0.429. The lowest BCUT2D eigenvalue weighted by atomic mass is 9.89. The van der Waals surface area contributed by atoms with E-state index in [1.807, 2.05) is 36.4 Å². The van der Waals surface area contributed by atoms with Crippen molar-refractivity contribution in [2.45, 2.75) is 38.6 Å². The molecular weight excluding hydrogens is 438 g/mol. The molecule has 3 aromatic rings. The average molecular weight is 472 g/mol. The number of ether oxygens (including phenoxy) is 1. The number of amides is 1. The molecule has 2 aliphatic rings. The summed E-state index contributed by atoms with van der Waals surface area (Å²) in [7, 11) is 0. The third kappa shape index (κ3) is 5.26. The van der Waals surface area contributed by atoms with Crippen LogP contribution in [0.3, 0.4) is 0 Å². The molecule has 2 aliphatic heterocycles. The van der Waals surface area contributed by atoms with Crippen molar-refractivity contribution in [3.63, 3.8) is 0 Å². The van der Waals surface area contributed by atoms with E-state index >= 15 is 0 Å². The molecule has 0 N–H and O–H groups in total. The summed E-state index contributed by atoms with van der Waals surface area (Å²) in [6, 6.07) is 12.1. The van der Waals surface area contributed by atoms with Gasteiger partial charge in [-0.25, -0.2) is 9.97 Å². The number of aryl methyl sites for hydroxylation is 2. The second-order valence-electron chi connectivity index (χ2n) is 9.55. The lowest BCUT2D eigenvalue weighted by Crippen LogP contribution is -2.49. The van der Waals surface area contributed by atoms with Gasteiger partial charge in [-0.05, 0) is 43.9 Å². The number of hydrogen-bond donors (Lipinski definition) is 0. The van der Waals surface area contributed by atoms with E-state index in [-0.39, 0.29) is 17.9 Å². The minimum absolute atomic E-state index is 0.146. The van der Waals surface area contributed by atoms with Crippen LogP contribution in [0.1, 0.15) is 47.4 Å². The standard InChI is InChI=1S/C28H33N5O2/c1-20-6-3-7-22(16-20)25-18-30-21(2)31-26(25)24-9-5-11-33(19-24)28(34)27(23-8-4-10-29-17-23)32-12-14-35-15-13-32/h3-4,6-8,10,16-18,24,27H,5,9,11-15,19H2,1-2H3. The van der Waals surface area contributed by atoms with E-state index in [9.17, 15) is 4.79 Å². The van der Waals surface area contributed by atoms with Crippen LogP contribution < -0.4 is 0 Å². The van der Waals surface area contributed by atoms with Crippen LogP contribution in [-0.4, -0.2) is 70.1 Å². The second-order valence-corrected chi connectivity index (χ2v) is 9.55. The highest BCUT2D eigenvalue weighted by Gasteiger charge is 2.35. The molecule has 0 radical (unpaired) electrons. The summed E-state index contributed by atoms with van der Waals surface area (Å²) in [5, 5.41) is 0. The predicted molar refractivity (Wildman–Crippen MR) is 135 cm³/mol. The van der Waals surface area contributed by atoms with Crippen molar-refractivity contribution in [2.24, 2.45) is 0 Å². The van der Waals surface area contributed by atoms with Gasteiger partial charge in [0.05, 0.1) is 18.9 Å². The molecule has 2 atom stereocenters. The number of pyridine rings is 1. The molecule has 0 aliphatic carbocycles. The number of hydrogen-bond acceptors (Lipinski definition) is 6. The highest BCUT2D eigenvalue weighted by Crippen LogP contribution is 2.35. The van der Waals surface area contributed by atoms with Gasteiger partial charge in [0, 0.05) is 56.3 Å². The Bertz CT molecular complexity index is 1160. The molecule has 7 heteroatoms. The SMILES string of the molecule is Cc1cccc(-c2cnc(C)nc2C2CCCN(C(=O)C(c3cccnc3)N3CCOCC3)C2)c1. The van der Waals surface area contributed by atoms with E-state index in [4.69, 9.17) is 9.72 Å². The number of rotatable bonds is 5. The van der Waals surface area contributed by atoms with Crippen LogP contribution in [0.15, 0.2) is 55.0 Å². The van der Waals surface area contributed by atoms with Crippen molar-refractivity contribution in [1.29, 1.82) is 0 Å². The highest BCUT2D eigenvalue weighted by molar-refractivity contribution is 5.83. The van der Waals surface area contributed by atoms with Crippen molar-refractivity contribution in [3.05, 3.63) is 77.6 Å². The van der Waals surface area contributed by atoms with Gasteiger partial charge in [-0.1, -0.05) is 35.9 Å². The van der Waals surface area contributed by atoms with Gasteiger partial charge in [0.1, 0.15) is 11.9 Å². The Morgan fingerprint density at radius 3 is 2.71 bits per heavy atom. The smallest absolute Gasteiger partial charge is 0.244 e. The van der Waals surface area contributed by atoms with Crippen LogP contribution in [0.4, 0.5) is 0 Å². The highest BCUT2D eigenvalue weighted by atomic mass is 16.5. The van der Waals surface area contributed by atoms with E-state index in [0.717, 1.165) is 60.7 Å². The van der Waals surface area contributed by atoms with Crippen molar-refractivity contribution >= 4 is 5.91 Å². The zero-order chi connectivity index (χ0) is 24.2. The molecule has 4 heterocycles. The van der Waals surface area contributed by atoms with Crippen LogP contribution in [-0.2, 0) is 9.53 Å². The van der Waals surface area contributed by atoms with Crippen molar-refractivity contribution in [1.82, 2.24) is 24.8 Å². The van der Waals surface area contributed by atoms with Crippen LogP contribution in [0, 0.1) is 13.8 Å². The minimum Gasteiger partial charge on any atom is -0.379 e. The maximum Gasteiger partial charge on any atom is 0.244 e. The zero-order valence-corrected chi connectivity index (χ0v) is 20.6. The van der Waals surface area contributed by atoms with E-state index in [2.05, 4.69) is 46.1 Å². The molecule has 2 fully saturated rings. The number of morpholine rings is 1. The summed E-state index contributed by atoms with van der Waals surface area (Å²) in [6.45, 7) is 8.24. The van der Waals surface area contributed by atoms with Gasteiger partial charge in [-0.2, -0.15) is 0 Å². The van der Waals surface area contributed by atoms with Gasteiger partial charge in [-0.15, -0.1) is 0 Å². The monoisotopic (exact) mass is 471 g/mol. The average Bonchev–Trinajstić information content (AvgIpc) is 2.90. The lowest BCUT2D eigenvalue weighted by Gasteiger charge is -2.39. The number of benzene rings is 1. The molecule has 0 bridgehead atoms. The molecule has 2 unspecified atom stereocenters. The molecule has 2 aromatic heterocycles. The number of nitrogens with zero attached hydrogens (tertiary/aromatic N) is 5. The summed E-state index contributed by atoms with van der Waals surface area (Å²) in [5.74, 6) is 1.08. The molecule has 0 spiro atoms. The topological polar surface area (TPSA) is 71.5 Å². The number of carbonyl (C=O) groups is 1. The largest absolute Gasteiger partial charge is 0.379 e. The fourth-order valence-electron chi connectivity index (χ4n) is 5.29. The van der Waals surface area contributed by atoms with Crippen molar-refractivity contribution in [3.8, 4) is 11.1 Å². The molecule has 0 saturated carbocycles. The molecule has 182 valence electrons. The van der Waals surface area contributed by atoms with E-state index in [1.54, 1.807) is 6.20 Å². The predicted octanol–water partition coefficient (Wildman–Crippen LogP) is 3.93. The Morgan fingerprint density at radius 1 is 1.09 bits per heavy atom. The van der Waals surface area contributed by atoms with Crippen LogP contribution in [0.2, 0.25) is 0 Å². The summed E-state index contributed by atoms with van der Waals surface area (Å²) in [5.41, 5.74) is 5.39. The maximum atomic E-state index is 14.0. The Kier molecular flexibility index (Phi) is 7.16. The fourth-order valence-corrected chi connectivity index (χ4v) is 5.29. The van der Waals surface area contributed by atoms with E-state index < -0.39 is 0 Å². The number of aromatic nitrogens is 3. The molecular formula is C28H33N5O2. The Hall–Kier alpha value is -3.16. The third-order valence-electron chi connectivity index (χ3n) is 7.03. The first kappa shape index (κ1) is 23.6. The van der Waals surface area contributed by atoms with Crippen LogP contribution in [0.5, 0.6) is 0 Å². The number of piperidine rings is 1. The Balaban J connectivity index is 1.44. The molecule has 35 heavy (non-hydrogen) atoms. The normalized spacial score (nSPS) is 19.9. The van der Waals surface area contributed by atoms with E-state index in [1.165, 1.54) is 5.56 Å². The Labute approximate surface area is 207 Å². The van der Waals surface area contributed by atoms with Gasteiger partial charge >= 0.3 is 0 Å². The number of likely N-dealkylation sites (tertiary alicyclic amines) is 1. The maximum absolute atomic E-state index is 14.0. The van der Waals surface area contributed by atoms with Crippen LogP contribution in [0.25, 0.3) is 11.1 Å². The molecule has 5 rings (SSSR count). The Morgan fingerprint density at radius 2 is 1.94 bits per heavy atom. The summed E-state index contributed by atoms with van der Waals surface area (Å²) in [4.78, 5) is 32.0. The first-order valence-electron chi connectivity index (χ1n) is 12.5. The molecule has 2 saturated heterocycles. The molecule has 1 aromatic carbocycles. The van der Waals surface area contributed by atoms with Crippen molar-refractivity contribution in [2.75, 3.05) is 39.4 Å². The summed E-state index contributed by atoms with van der Waals surface area (Å²) < 4.78 is 5.56. The molecule has 7 nitrogen and oxygen atoms in total. The van der Waals surface area contributed by atoms with Gasteiger partial charge < -0.3 is 9.64 Å². The van der Waals surface area contributed by atoms with Crippen molar-refractivity contribution < 1.29 is 9.53 Å². The van der Waals surface area contributed by atoms with Gasteiger partial charge in [0.2, 0.25) is 5.91 Å². The molecule has 1 amide bonds. The van der Waals surface area contributed by atoms with Crippen LogP contribution >= 0.6 is 0 Å². The second kappa shape index (κ2) is 10.6. The quantitative estimate of drug-likeness (QED) is 0.561. The van der Waals surface area contributed by atoms with Gasteiger partial charge in [0.25, 0.3) is 0 Å². The van der Waals surface area contributed by atoms with Gasteiger partial charge in [-0.3, -0.25) is 14.7 Å². The zero-order valence-electron chi connectivity index (χ0n) is 20.6. The lowest BCUT2D eigenvalue weighted by molar-refractivity contribution is -0.140. The summed E-state index contributed by atoms with van der Waals surface area (Å²) >= 11 is 0. The number of carbonyl (C=O) groups excluding carboxylic acids is 1. The summed E-state index contributed by atoms with van der Waals surface area (Å²) in [6.07, 6.45) is 7.48. The third-order valence-corrected chi connectivity index (χ3v) is 7.03. The first-order valence-corrected chi connectivity index (χ1v) is 12.5. The van der Waals surface area contributed by atoms with E-state index in [0.29, 0.717) is 19.8 Å². The minimum atomic E-state index is -0.338.